The van der Waals surface area contributed by atoms with E-state index in [0.717, 1.165) is 6.42 Å². The predicted octanol–water partition coefficient (Wildman–Crippen LogP) is 2.91. The molecule has 0 radical (unpaired) electrons. The molecule has 1 rings (SSSR count). The summed E-state index contributed by atoms with van der Waals surface area (Å²) in [6, 6.07) is 4.23. The first-order valence-electron chi connectivity index (χ1n) is 6.15. The molecule has 1 aromatic rings. The average Bonchev–Trinajstić information content (AvgIpc) is 2.35. The highest BCUT2D eigenvalue weighted by atomic mass is 32.2. The molecule has 3 nitrogen and oxygen atoms in total. The molecule has 1 atom stereocenters. The highest BCUT2D eigenvalue weighted by Crippen LogP contribution is 2.14. The molecule has 1 aromatic carbocycles. The maximum absolute atomic E-state index is 13.7. The second kappa shape index (κ2) is 7.38. The second-order valence-corrected chi connectivity index (χ2v) is 6.35. The smallest absolute Gasteiger partial charge is 0.340 e. The van der Waals surface area contributed by atoms with E-state index in [1.54, 1.807) is 6.07 Å². The molecule has 0 spiro atoms. The van der Waals surface area contributed by atoms with Gasteiger partial charge in [0.1, 0.15) is 5.82 Å². The Labute approximate surface area is 115 Å². The van der Waals surface area contributed by atoms with Crippen LogP contribution in [0.15, 0.2) is 18.2 Å². The quantitative estimate of drug-likeness (QED) is 0.755. The fraction of sp³-hybridized carbons (Fsp3) is 0.500. The number of carbonyl (C=O) groups is 1. The summed E-state index contributed by atoms with van der Waals surface area (Å²) in [6.07, 6.45) is 0.884. The summed E-state index contributed by atoms with van der Waals surface area (Å²) in [4.78, 5) is 11.2. The van der Waals surface area contributed by atoms with Gasteiger partial charge in [-0.1, -0.05) is 19.9 Å². The topological polar surface area (TPSA) is 43.4 Å². The SMILES string of the molecule is COC(=O)c1ccc(CS(=O)CCC(C)C)cc1F. The number of esters is 1. The van der Waals surface area contributed by atoms with Gasteiger partial charge in [-0.25, -0.2) is 9.18 Å². The monoisotopic (exact) mass is 286 g/mol. The molecule has 0 N–H and O–H groups in total. The van der Waals surface area contributed by atoms with Gasteiger partial charge in [-0.05, 0) is 30.0 Å². The minimum Gasteiger partial charge on any atom is -0.465 e. The van der Waals surface area contributed by atoms with Crippen molar-refractivity contribution >= 4 is 16.8 Å². The lowest BCUT2D eigenvalue weighted by atomic mass is 10.1. The molecule has 0 fully saturated rings. The molecule has 0 aromatic heterocycles. The lowest BCUT2D eigenvalue weighted by Crippen LogP contribution is -2.07. The second-order valence-electron chi connectivity index (χ2n) is 4.78. The molecule has 0 amide bonds. The molecular weight excluding hydrogens is 267 g/mol. The van der Waals surface area contributed by atoms with Crippen LogP contribution in [-0.2, 0) is 21.3 Å². The van der Waals surface area contributed by atoms with E-state index in [2.05, 4.69) is 18.6 Å². The molecule has 0 heterocycles. The zero-order chi connectivity index (χ0) is 14.4. The van der Waals surface area contributed by atoms with Crippen molar-refractivity contribution in [3.05, 3.63) is 35.1 Å². The summed E-state index contributed by atoms with van der Waals surface area (Å²) in [5.41, 5.74) is 0.534. The molecule has 0 saturated carbocycles. The maximum Gasteiger partial charge on any atom is 0.340 e. The molecule has 0 saturated heterocycles. The van der Waals surface area contributed by atoms with Crippen LogP contribution in [0.1, 0.15) is 36.2 Å². The Morgan fingerprint density at radius 2 is 2.11 bits per heavy atom. The minimum atomic E-state index is -1.00. The Bertz CT molecular complexity index is 472. The van der Waals surface area contributed by atoms with Crippen LogP contribution in [0.3, 0.4) is 0 Å². The molecule has 106 valence electrons. The number of halogens is 1. The standard InChI is InChI=1S/C14H19FO3S/c1-10(2)6-7-19(17)9-11-4-5-12(13(15)8-11)14(16)18-3/h4-5,8,10H,6-7,9H2,1-3H3. The van der Waals surface area contributed by atoms with E-state index in [-0.39, 0.29) is 5.56 Å². The van der Waals surface area contributed by atoms with Gasteiger partial charge in [-0.15, -0.1) is 0 Å². The summed E-state index contributed by atoms with van der Waals surface area (Å²) in [5.74, 6) is 0.0842. The first-order valence-corrected chi connectivity index (χ1v) is 7.64. The number of hydrogen-bond acceptors (Lipinski definition) is 3. The van der Waals surface area contributed by atoms with Crippen molar-refractivity contribution in [2.75, 3.05) is 12.9 Å². The Balaban J connectivity index is 2.68. The number of rotatable bonds is 6. The summed E-state index contributed by atoms with van der Waals surface area (Å²) in [6.45, 7) is 4.14. The highest BCUT2D eigenvalue weighted by Gasteiger charge is 2.13. The van der Waals surface area contributed by atoms with Gasteiger partial charge in [0.2, 0.25) is 0 Å². The van der Waals surface area contributed by atoms with Gasteiger partial charge in [0, 0.05) is 22.3 Å². The number of ether oxygens (including phenoxy) is 1. The van der Waals surface area contributed by atoms with E-state index >= 15 is 0 Å². The molecule has 0 aliphatic heterocycles. The summed E-state index contributed by atoms with van der Waals surface area (Å²) in [7, 11) is 0.203. The molecule has 5 heteroatoms. The number of methoxy groups -OCH3 is 1. The fourth-order valence-electron chi connectivity index (χ4n) is 1.55. The van der Waals surface area contributed by atoms with Gasteiger partial charge in [-0.3, -0.25) is 4.21 Å². The zero-order valence-electron chi connectivity index (χ0n) is 11.4. The van der Waals surface area contributed by atoms with E-state index in [1.807, 2.05) is 0 Å². The van der Waals surface area contributed by atoms with Crippen molar-refractivity contribution in [3.63, 3.8) is 0 Å². The Kier molecular flexibility index (Phi) is 6.15. The van der Waals surface area contributed by atoms with Crippen LogP contribution < -0.4 is 0 Å². The van der Waals surface area contributed by atoms with Crippen LogP contribution in [0, 0.1) is 11.7 Å². The van der Waals surface area contributed by atoms with Crippen molar-refractivity contribution < 1.29 is 18.1 Å². The van der Waals surface area contributed by atoms with E-state index in [0.29, 0.717) is 23.0 Å². The van der Waals surface area contributed by atoms with E-state index in [9.17, 15) is 13.4 Å². The van der Waals surface area contributed by atoms with Crippen LogP contribution in [0.2, 0.25) is 0 Å². The van der Waals surface area contributed by atoms with Crippen LogP contribution >= 0.6 is 0 Å². The molecule has 0 bridgehead atoms. The van der Waals surface area contributed by atoms with Crippen LogP contribution in [0.25, 0.3) is 0 Å². The average molecular weight is 286 g/mol. The van der Waals surface area contributed by atoms with Crippen molar-refractivity contribution in [1.82, 2.24) is 0 Å². The van der Waals surface area contributed by atoms with Crippen molar-refractivity contribution in [1.29, 1.82) is 0 Å². The third-order valence-corrected chi connectivity index (χ3v) is 4.04. The number of hydrogen-bond donors (Lipinski definition) is 0. The Hall–Kier alpha value is -1.23. The van der Waals surface area contributed by atoms with Crippen molar-refractivity contribution in [3.8, 4) is 0 Å². The fourth-order valence-corrected chi connectivity index (χ4v) is 2.98. The number of carbonyl (C=O) groups excluding carboxylic acids is 1. The predicted molar refractivity (Wildman–Crippen MR) is 73.9 cm³/mol. The van der Waals surface area contributed by atoms with E-state index in [4.69, 9.17) is 0 Å². The molecule has 19 heavy (non-hydrogen) atoms. The summed E-state index contributed by atoms with van der Waals surface area (Å²) >= 11 is 0. The Morgan fingerprint density at radius 1 is 1.42 bits per heavy atom. The minimum absolute atomic E-state index is 0.0980. The third-order valence-electron chi connectivity index (χ3n) is 2.69. The van der Waals surface area contributed by atoms with Crippen LogP contribution in [-0.4, -0.2) is 23.0 Å². The zero-order valence-corrected chi connectivity index (χ0v) is 12.3. The van der Waals surface area contributed by atoms with Gasteiger partial charge >= 0.3 is 5.97 Å². The first kappa shape index (κ1) is 15.8. The maximum atomic E-state index is 13.7. The summed E-state index contributed by atoms with van der Waals surface area (Å²) in [5, 5.41) is 0. The number of benzene rings is 1. The van der Waals surface area contributed by atoms with Crippen molar-refractivity contribution in [2.24, 2.45) is 5.92 Å². The van der Waals surface area contributed by atoms with Gasteiger partial charge in [-0.2, -0.15) is 0 Å². The van der Waals surface area contributed by atoms with Crippen LogP contribution in [0.5, 0.6) is 0 Å². The Morgan fingerprint density at radius 3 is 2.63 bits per heavy atom. The molecule has 0 aliphatic carbocycles. The van der Waals surface area contributed by atoms with Gasteiger partial charge < -0.3 is 4.74 Å². The molecular formula is C14H19FO3S. The third kappa shape index (κ3) is 5.11. The van der Waals surface area contributed by atoms with Gasteiger partial charge in [0.25, 0.3) is 0 Å². The summed E-state index contributed by atoms with van der Waals surface area (Å²) < 4.78 is 29.9. The first-order chi connectivity index (χ1) is 8.93. The lowest BCUT2D eigenvalue weighted by molar-refractivity contribution is 0.0595. The van der Waals surface area contributed by atoms with Gasteiger partial charge in [0.15, 0.2) is 0 Å². The lowest BCUT2D eigenvalue weighted by Gasteiger charge is -2.06. The molecule has 0 aliphatic rings. The normalized spacial score (nSPS) is 12.5. The van der Waals surface area contributed by atoms with Crippen LogP contribution in [0.4, 0.5) is 4.39 Å². The van der Waals surface area contributed by atoms with E-state index < -0.39 is 22.6 Å². The molecule has 1 unspecified atom stereocenters. The van der Waals surface area contributed by atoms with Crippen molar-refractivity contribution in [2.45, 2.75) is 26.0 Å². The van der Waals surface area contributed by atoms with E-state index in [1.165, 1.54) is 19.2 Å². The van der Waals surface area contributed by atoms with Gasteiger partial charge in [0.05, 0.1) is 12.7 Å². The highest BCUT2D eigenvalue weighted by molar-refractivity contribution is 7.84. The largest absolute Gasteiger partial charge is 0.465 e.